The zero-order valence-corrected chi connectivity index (χ0v) is 14.9. The summed E-state index contributed by atoms with van der Waals surface area (Å²) in [6, 6.07) is 7.81. The van der Waals surface area contributed by atoms with Crippen LogP contribution in [0.5, 0.6) is 0 Å². The summed E-state index contributed by atoms with van der Waals surface area (Å²) in [6.45, 7) is 1.60. The van der Waals surface area contributed by atoms with Gasteiger partial charge in [0.05, 0.1) is 6.10 Å². The van der Waals surface area contributed by atoms with Gasteiger partial charge in [0.2, 0.25) is 0 Å². The Labute approximate surface area is 148 Å². The van der Waals surface area contributed by atoms with Crippen LogP contribution in [0.25, 0.3) is 0 Å². The maximum Gasteiger partial charge on any atom is 0.320 e. The van der Waals surface area contributed by atoms with Gasteiger partial charge in [-0.2, -0.15) is 0 Å². The predicted octanol–water partition coefficient (Wildman–Crippen LogP) is 3.77. The second kappa shape index (κ2) is 6.94. The number of methoxy groups -OCH3 is 1. The number of piperidine rings is 2. The highest BCUT2D eigenvalue weighted by molar-refractivity contribution is 5.76. The van der Waals surface area contributed by atoms with Crippen molar-refractivity contribution in [1.29, 1.82) is 0 Å². The SMILES string of the molecule is COC1CCN(C(=O)N2[C@@H]3CC[C@H]2CC(c2ccc(F)cc2)C3)CC1. The fourth-order valence-corrected chi connectivity index (χ4v) is 4.94. The largest absolute Gasteiger partial charge is 0.381 e. The first-order chi connectivity index (χ1) is 12.2. The van der Waals surface area contributed by atoms with Crippen LogP contribution in [0, 0.1) is 5.82 Å². The van der Waals surface area contributed by atoms with Crippen LogP contribution in [0.2, 0.25) is 0 Å². The molecule has 3 saturated heterocycles. The van der Waals surface area contributed by atoms with E-state index in [4.69, 9.17) is 4.74 Å². The van der Waals surface area contributed by atoms with Crippen LogP contribution in [-0.4, -0.2) is 54.2 Å². The molecular formula is C20H27FN2O2. The highest BCUT2D eigenvalue weighted by atomic mass is 19.1. The van der Waals surface area contributed by atoms with Crippen molar-refractivity contribution in [1.82, 2.24) is 9.80 Å². The molecule has 2 bridgehead atoms. The van der Waals surface area contributed by atoms with Crippen LogP contribution in [0.1, 0.15) is 50.0 Å². The summed E-state index contributed by atoms with van der Waals surface area (Å²) in [7, 11) is 1.75. The van der Waals surface area contributed by atoms with Crippen molar-refractivity contribution in [3.05, 3.63) is 35.6 Å². The van der Waals surface area contributed by atoms with E-state index >= 15 is 0 Å². The Morgan fingerprint density at radius 1 is 1.04 bits per heavy atom. The lowest BCUT2D eigenvalue weighted by molar-refractivity contribution is 0.0377. The van der Waals surface area contributed by atoms with E-state index in [9.17, 15) is 9.18 Å². The minimum absolute atomic E-state index is 0.182. The molecule has 1 aromatic carbocycles. The lowest BCUT2D eigenvalue weighted by Crippen LogP contribution is -2.54. The van der Waals surface area contributed by atoms with Crippen molar-refractivity contribution in [3.63, 3.8) is 0 Å². The molecule has 1 unspecified atom stereocenters. The molecule has 25 heavy (non-hydrogen) atoms. The number of urea groups is 1. The van der Waals surface area contributed by atoms with Gasteiger partial charge < -0.3 is 14.5 Å². The lowest BCUT2D eigenvalue weighted by Gasteiger charge is -2.43. The topological polar surface area (TPSA) is 32.8 Å². The van der Waals surface area contributed by atoms with E-state index in [2.05, 4.69) is 4.90 Å². The van der Waals surface area contributed by atoms with Crippen LogP contribution < -0.4 is 0 Å². The molecule has 5 heteroatoms. The van der Waals surface area contributed by atoms with Crippen molar-refractivity contribution < 1.29 is 13.9 Å². The number of benzene rings is 1. The van der Waals surface area contributed by atoms with Gasteiger partial charge in [0.25, 0.3) is 0 Å². The van der Waals surface area contributed by atoms with Gasteiger partial charge >= 0.3 is 6.03 Å². The first kappa shape index (κ1) is 16.8. The molecule has 4 rings (SSSR count). The first-order valence-corrected chi connectivity index (χ1v) is 9.51. The van der Waals surface area contributed by atoms with E-state index in [0.29, 0.717) is 24.1 Å². The molecule has 0 aromatic heterocycles. The molecule has 0 aliphatic carbocycles. The summed E-state index contributed by atoms with van der Waals surface area (Å²) >= 11 is 0. The predicted molar refractivity (Wildman–Crippen MR) is 94.0 cm³/mol. The second-order valence-corrected chi connectivity index (χ2v) is 7.72. The highest BCUT2D eigenvalue weighted by Gasteiger charge is 2.45. The van der Waals surface area contributed by atoms with E-state index in [1.807, 2.05) is 17.0 Å². The number of carbonyl (C=O) groups is 1. The zero-order chi connectivity index (χ0) is 17.4. The quantitative estimate of drug-likeness (QED) is 0.817. The average Bonchev–Trinajstić information content (AvgIpc) is 2.91. The van der Waals surface area contributed by atoms with Gasteiger partial charge in [0, 0.05) is 32.3 Å². The maximum atomic E-state index is 13.2. The van der Waals surface area contributed by atoms with Gasteiger partial charge in [-0.05, 0) is 62.1 Å². The van der Waals surface area contributed by atoms with Crippen LogP contribution in [0.4, 0.5) is 9.18 Å². The van der Waals surface area contributed by atoms with Crippen molar-refractivity contribution in [2.24, 2.45) is 0 Å². The van der Waals surface area contributed by atoms with Crippen molar-refractivity contribution >= 4 is 6.03 Å². The van der Waals surface area contributed by atoms with Crippen LogP contribution in [-0.2, 0) is 4.74 Å². The maximum absolute atomic E-state index is 13.2. The summed E-state index contributed by atoms with van der Waals surface area (Å²) in [5.74, 6) is 0.264. The average molecular weight is 346 g/mol. The molecule has 3 aliphatic heterocycles. The molecule has 0 saturated carbocycles. The van der Waals surface area contributed by atoms with E-state index in [1.165, 1.54) is 5.56 Å². The Kier molecular flexibility index (Phi) is 4.67. The Balaban J connectivity index is 1.42. The van der Waals surface area contributed by atoms with Crippen LogP contribution in [0.3, 0.4) is 0 Å². The molecule has 3 heterocycles. The summed E-state index contributed by atoms with van der Waals surface area (Å²) in [6.07, 6.45) is 6.37. The minimum Gasteiger partial charge on any atom is -0.381 e. The number of nitrogens with zero attached hydrogens (tertiary/aromatic N) is 2. The number of fused-ring (bicyclic) bond motifs is 2. The number of carbonyl (C=O) groups excluding carboxylic acids is 1. The fraction of sp³-hybridized carbons (Fsp3) is 0.650. The zero-order valence-electron chi connectivity index (χ0n) is 14.9. The summed E-state index contributed by atoms with van der Waals surface area (Å²) < 4.78 is 18.6. The molecule has 4 nitrogen and oxygen atoms in total. The Morgan fingerprint density at radius 3 is 2.20 bits per heavy atom. The van der Waals surface area contributed by atoms with Crippen molar-refractivity contribution in [3.8, 4) is 0 Å². The Morgan fingerprint density at radius 2 is 1.64 bits per heavy atom. The molecule has 3 fully saturated rings. The standard InChI is InChI=1S/C20H27FN2O2/c1-25-19-8-10-22(11-9-19)20(24)23-17-6-7-18(23)13-15(12-17)14-2-4-16(21)5-3-14/h2-5,15,17-19H,6-13H2,1H3/t15?,17-,18+. The number of likely N-dealkylation sites (tertiary alicyclic amines) is 1. The molecule has 1 aromatic rings. The smallest absolute Gasteiger partial charge is 0.320 e. The molecule has 3 aliphatic rings. The van der Waals surface area contributed by atoms with E-state index < -0.39 is 0 Å². The summed E-state index contributed by atoms with van der Waals surface area (Å²) in [5, 5.41) is 0. The van der Waals surface area contributed by atoms with Gasteiger partial charge in [-0.1, -0.05) is 12.1 Å². The number of hydrogen-bond donors (Lipinski definition) is 0. The van der Waals surface area contributed by atoms with Gasteiger partial charge in [0.15, 0.2) is 0 Å². The molecule has 0 N–H and O–H groups in total. The fourth-order valence-electron chi connectivity index (χ4n) is 4.94. The number of halogens is 1. The minimum atomic E-state index is -0.182. The summed E-state index contributed by atoms with van der Waals surface area (Å²) in [5.41, 5.74) is 1.21. The third-order valence-electron chi connectivity index (χ3n) is 6.34. The van der Waals surface area contributed by atoms with Crippen molar-refractivity contribution in [2.75, 3.05) is 20.2 Å². The van der Waals surface area contributed by atoms with Crippen LogP contribution >= 0.6 is 0 Å². The third kappa shape index (κ3) is 3.26. The molecule has 0 spiro atoms. The number of hydrogen-bond acceptors (Lipinski definition) is 2. The Bertz CT molecular complexity index is 599. The number of amides is 2. The molecular weight excluding hydrogens is 319 g/mol. The third-order valence-corrected chi connectivity index (χ3v) is 6.34. The molecule has 0 radical (unpaired) electrons. The van der Waals surface area contributed by atoms with Gasteiger partial charge in [-0.3, -0.25) is 0 Å². The Hall–Kier alpha value is -1.62. The van der Waals surface area contributed by atoms with E-state index in [0.717, 1.165) is 51.6 Å². The molecule has 3 atom stereocenters. The highest BCUT2D eigenvalue weighted by Crippen LogP contribution is 2.43. The van der Waals surface area contributed by atoms with E-state index in [1.54, 1.807) is 19.2 Å². The first-order valence-electron chi connectivity index (χ1n) is 9.51. The summed E-state index contributed by atoms with van der Waals surface area (Å²) in [4.78, 5) is 17.2. The van der Waals surface area contributed by atoms with Gasteiger partial charge in [-0.15, -0.1) is 0 Å². The number of ether oxygens (including phenoxy) is 1. The number of rotatable bonds is 2. The molecule has 2 amide bonds. The monoisotopic (exact) mass is 346 g/mol. The van der Waals surface area contributed by atoms with Crippen LogP contribution in [0.15, 0.2) is 24.3 Å². The second-order valence-electron chi connectivity index (χ2n) is 7.72. The van der Waals surface area contributed by atoms with Crippen molar-refractivity contribution in [2.45, 2.75) is 62.6 Å². The normalized spacial score (nSPS) is 29.9. The van der Waals surface area contributed by atoms with Gasteiger partial charge in [-0.25, -0.2) is 9.18 Å². The van der Waals surface area contributed by atoms with E-state index in [-0.39, 0.29) is 11.8 Å². The lowest BCUT2D eigenvalue weighted by atomic mass is 9.85. The molecule has 136 valence electrons. The van der Waals surface area contributed by atoms with Gasteiger partial charge in [0.1, 0.15) is 5.82 Å².